The average molecular weight is 372 g/mol. The summed E-state index contributed by atoms with van der Waals surface area (Å²) in [5.74, 6) is -0.572. The highest BCUT2D eigenvalue weighted by atomic mass is 79.9. The Balaban J connectivity index is 2.22. The van der Waals surface area contributed by atoms with Crippen LogP contribution in [0.4, 0.5) is 18.9 Å². The van der Waals surface area contributed by atoms with Gasteiger partial charge in [0.25, 0.3) is 5.91 Å². The molecule has 0 aliphatic carbocycles. The van der Waals surface area contributed by atoms with Crippen LogP contribution >= 0.6 is 15.9 Å². The highest BCUT2D eigenvalue weighted by Gasteiger charge is 2.30. The van der Waals surface area contributed by atoms with Gasteiger partial charge in [0.2, 0.25) is 0 Å². The molecule has 0 saturated heterocycles. The second kappa shape index (κ2) is 6.31. The van der Waals surface area contributed by atoms with Crippen LogP contribution < -0.4 is 5.32 Å². The standard InChI is InChI=1S/C15H9BrF3NO2/c16-13-6-9(4-5-10(13)8-21)14(22)20-12-3-1-2-11(7-12)15(17,18)19/h1-8H,(H,20,22). The van der Waals surface area contributed by atoms with E-state index in [9.17, 15) is 22.8 Å². The van der Waals surface area contributed by atoms with E-state index in [1.54, 1.807) is 0 Å². The first-order valence-corrected chi connectivity index (χ1v) is 6.84. The van der Waals surface area contributed by atoms with Crippen molar-refractivity contribution >= 4 is 33.8 Å². The van der Waals surface area contributed by atoms with Gasteiger partial charge in [-0.1, -0.05) is 22.0 Å². The number of carbonyl (C=O) groups excluding carboxylic acids is 2. The van der Waals surface area contributed by atoms with Crippen molar-refractivity contribution in [1.29, 1.82) is 0 Å². The molecule has 0 aliphatic rings. The van der Waals surface area contributed by atoms with Crippen molar-refractivity contribution in [2.24, 2.45) is 0 Å². The molecule has 0 aliphatic heterocycles. The molecule has 2 aromatic rings. The highest BCUT2D eigenvalue weighted by molar-refractivity contribution is 9.10. The van der Waals surface area contributed by atoms with Crippen molar-refractivity contribution in [1.82, 2.24) is 0 Å². The second-order valence-electron chi connectivity index (χ2n) is 4.39. The third-order valence-corrected chi connectivity index (χ3v) is 3.52. The fourth-order valence-corrected chi connectivity index (χ4v) is 2.21. The van der Waals surface area contributed by atoms with Gasteiger partial charge in [0.1, 0.15) is 0 Å². The van der Waals surface area contributed by atoms with Crippen LogP contribution in [0.5, 0.6) is 0 Å². The van der Waals surface area contributed by atoms with Crippen molar-refractivity contribution < 1.29 is 22.8 Å². The van der Waals surface area contributed by atoms with E-state index in [1.807, 2.05) is 0 Å². The largest absolute Gasteiger partial charge is 0.416 e. The quantitative estimate of drug-likeness (QED) is 0.805. The van der Waals surface area contributed by atoms with Gasteiger partial charge in [-0.15, -0.1) is 0 Å². The molecular formula is C15H9BrF3NO2. The monoisotopic (exact) mass is 371 g/mol. The minimum Gasteiger partial charge on any atom is -0.322 e. The van der Waals surface area contributed by atoms with Gasteiger partial charge in [0.05, 0.1) is 5.56 Å². The van der Waals surface area contributed by atoms with E-state index in [0.717, 1.165) is 12.1 Å². The van der Waals surface area contributed by atoms with E-state index in [0.29, 0.717) is 16.3 Å². The molecule has 0 atom stereocenters. The fourth-order valence-electron chi connectivity index (χ4n) is 1.74. The Bertz CT molecular complexity index is 729. The Hall–Kier alpha value is -2.15. The number of carbonyl (C=O) groups is 2. The Morgan fingerprint density at radius 1 is 1.14 bits per heavy atom. The number of halogens is 4. The van der Waals surface area contributed by atoms with Crippen LogP contribution in [0.2, 0.25) is 0 Å². The zero-order chi connectivity index (χ0) is 16.3. The molecule has 114 valence electrons. The first kappa shape index (κ1) is 16.2. The van der Waals surface area contributed by atoms with E-state index in [-0.39, 0.29) is 11.3 Å². The van der Waals surface area contributed by atoms with Gasteiger partial charge in [-0.3, -0.25) is 9.59 Å². The zero-order valence-electron chi connectivity index (χ0n) is 10.9. The molecule has 1 amide bonds. The highest BCUT2D eigenvalue weighted by Crippen LogP contribution is 2.30. The van der Waals surface area contributed by atoms with Crippen molar-refractivity contribution in [2.45, 2.75) is 6.18 Å². The van der Waals surface area contributed by atoms with E-state index < -0.39 is 17.6 Å². The Kier molecular flexibility index (Phi) is 4.65. The molecule has 2 rings (SSSR count). The maximum absolute atomic E-state index is 12.6. The topological polar surface area (TPSA) is 46.2 Å². The molecule has 0 saturated carbocycles. The summed E-state index contributed by atoms with van der Waals surface area (Å²) in [4.78, 5) is 22.7. The molecule has 1 N–H and O–H groups in total. The number of aldehydes is 1. The minimum atomic E-state index is -4.48. The zero-order valence-corrected chi connectivity index (χ0v) is 12.5. The number of hydrogen-bond donors (Lipinski definition) is 1. The van der Waals surface area contributed by atoms with Crippen molar-refractivity contribution in [2.75, 3.05) is 5.32 Å². The number of rotatable bonds is 3. The molecule has 0 aromatic heterocycles. The van der Waals surface area contributed by atoms with Gasteiger partial charge >= 0.3 is 6.18 Å². The second-order valence-corrected chi connectivity index (χ2v) is 5.24. The lowest BCUT2D eigenvalue weighted by atomic mass is 10.1. The number of benzene rings is 2. The first-order valence-electron chi connectivity index (χ1n) is 6.04. The number of amides is 1. The minimum absolute atomic E-state index is 0.0374. The van der Waals surface area contributed by atoms with Crippen LogP contribution in [-0.4, -0.2) is 12.2 Å². The van der Waals surface area contributed by atoms with Gasteiger partial charge in [-0.2, -0.15) is 13.2 Å². The summed E-state index contributed by atoms with van der Waals surface area (Å²) in [6.45, 7) is 0. The maximum Gasteiger partial charge on any atom is 0.416 e. The van der Waals surface area contributed by atoms with Crippen molar-refractivity contribution in [3.8, 4) is 0 Å². The molecule has 7 heteroatoms. The summed E-state index contributed by atoms with van der Waals surface area (Å²) in [7, 11) is 0. The predicted molar refractivity (Wildman–Crippen MR) is 78.9 cm³/mol. The molecule has 0 radical (unpaired) electrons. The Morgan fingerprint density at radius 3 is 2.45 bits per heavy atom. The van der Waals surface area contributed by atoms with Gasteiger partial charge in [0, 0.05) is 21.3 Å². The molecule has 0 fully saturated rings. The summed E-state index contributed by atoms with van der Waals surface area (Å²) < 4.78 is 38.3. The van der Waals surface area contributed by atoms with Gasteiger partial charge in [-0.05, 0) is 36.4 Å². The number of nitrogens with one attached hydrogen (secondary N) is 1. The summed E-state index contributed by atoms with van der Waals surface area (Å²) >= 11 is 3.14. The van der Waals surface area contributed by atoms with Crippen LogP contribution in [0.3, 0.4) is 0 Å². The van der Waals surface area contributed by atoms with E-state index >= 15 is 0 Å². The summed E-state index contributed by atoms with van der Waals surface area (Å²) in [5, 5.41) is 2.39. The molecule has 0 unspecified atom stereocenters. The normalized spacial score (nSPS) is 11.1. The van der Waals surface area contributed by atoms with Crippen molar-refractivity contribution in [3.05, 3.63) is 63.6 Å². The lowest BCUT2D eigenvalue weighted by Crippen LogP contribution is -2.13. The van der Waals surface area contributed by atoms with Crippen LogP contribution in [0, 0.1) is 0 Å². The number of anilines is 1. The van der Waals surface area contributed by atoms with Crippen LogP contribution in [-0.2, 0) is 6.18 Å². The molecular weight excluding hydrogens is 363 g/mol. The number of alkyl halides is 3. The summed E-state index contributed by atoms with van der Waals surface area (Å²) in [5.41, 5.74) is -0.219. The third-order valence-electron chi connectivity index (χ3n) is 2.84. The third kappa shape index (κ3) is 3.73. The Labute approximate surface area is 132 Å². The average Bonchev–Trinajstić information content (AvgIpc) is 2.46. The maximum atomic E-state index is 12.6. The van der Waals surface area contributed by atoms with Crippen molar-refractivity contribution in [3.63, 3.8) is 0 Å². The number of hydrogen-bond acceptors (Lipinski definition) is 2. The smallest absolute Gasteiger partial charge is 0.322 e. The Morgan fingerprint density at radius 2 is 1.86 bits per heavy atom. The molecule has 0 bridgehead atoms. The lowest BCUT2D eigenvalue weighted by Gasteiger charge is -2.10. The molecule has 0 heterocycles. The molecule has 3 nitrogen and oxygen atoms in total. The van der Waals surface area contributed by atoms with E-state index in [4.69, 9.17) is 0 Å². The fraction of sp³-hybridized carbons (Fsp3) is 0.0667. The lowest BCUT2D eigenvalue weighted by molar-refractivity contribution is -0.137. The van der Waals surface area contributed by atoms with E-state index in [1.165, 1.54) is 30.3 Å². The van der Waals surface area contributed by atoms with Gasteiger partial charge in [0.15, 0.2) is 6.29 Å². The molecule has 2 aromatic carbocycles. The first-order chi connectivity index (χ1) is 10.3. The summed E-state index contributed by atoms with van der Waals surface area (Å²) in [6.07, 6.45) is -3.85. The predicted octanol–water partition coefficient (Wildman–Crippen LogP) is 4.53. The van der Waals surface area contributed by atoms with Crippen LogP contribution in [0.1, 0.15) is 26.3 Å². The SMILES string of the molecule is O=Cc1ccc(C(=O)Nc2cccc(C(F)(F)F)c2)cc1Br. The molecule has 0 spiro atoms. The van der Waals surface area contributed by atoms with Gasteiger partial charge in [-0.25, -0.2) is 0 Å². The van der Waals surface area contributed by atoms with Crippen LogP contribution in [0.15, 0.2) is 46.9 Å². The van der Waals surface area contributed by atoms with Gasteiger partial charge < -0.3 is 5.32 Å². The van der Waals surface area contributed by atoms with Crippen LogP contribution in [0.25, 0.3) is 0 Å². The molecule has 22 heavy (non-hydrogen) atoms. The van der Waals surface area contributed by atoms with E-state index in [2.05, 4.69) is 21.2 Å². The summed E-state index contributed by atoms with van der Waals surface area (Å²) in [6, 6.07) is 8.63.